The van der Waals surface area contributed by atoms with Crippen molar-refractivity contribution in [2.24, 2.45) is 11.7 Å². The fourth-order valence-electron chi connectivity index (χ4n) is 1.64. The summed E-state index contributed by atoms with van der Waals surface area (Å²) in [6.45, 7) is 4.60. The van der Waals surface area contributed by atoms with Crippen LogP contribution in [0.4, 0.5) is 4.39 Å². The molecule has 6 heteroatoms. The molecule has 0 heterocycles. The van der Waals surface area contributed by atoms with Crippen molar-refractivity contribution in [3.05, 3.63) is 34.1 Å². The number of nitrogens with two attached hydrogens (primary N) is 1. The van der Waals surface area contributed by atoms with Crippen molar-refractivity contribution in [3.63, 3.8) is 0 Å². The van der Waals surface area contributed by atoms with Gasteiger partial charge in [0, 0.05) is 24.1 Å². The van der Waals surface area contributed by atoms with E-state index < -0.39 is 5.82 Å². The molecule has 0 fully saturated rings. The minimum Gasteiger partial charge on any atom is -0.342 e. The van der Waals surface area contributed by atoms with Gasteiger partial charge in [0.15, 0.2) is 0 Å². The molecule has 0 bridgehead atoms. The van der Waals surface area contributed by atoms with Crippen molar-refractivity contribution in [2.45, 2.75) is 26.3 Å². The maximum atomic E-state index is 13.6. The van der Waals surface area contributed by atoms with E-state index in [0.29, 0.717) is 23.4 Å². The van der Waals surface area contributed by atoms with E-state index in [-0.39, 0.29) is 29.9 Å². The number of carbonyl (C=O) groups is 1. The molecule has 3 nitrogen and oxygen atoms in total. The lowest BCUT2D eigenvalue weighted by Gasteiger charge is -2.21. The first-order valence-electron chi connectivity index (χ1n) is 6.29. The van der Waals surface area contributed by atoms with Gasteiger partial charge in [0.1, 0.15) is 5.82 Å². The molecule has 1 aromatic rings. The molecule has 0 saturated carbocycles. The van der Waals surface area contributed by atoms with Crippen LogP contribution in [0.1, 0.15) is 30.6 Å². The van der Waals surface area contributed by atoms with Crippen molar-refractivity contribution in [3.8, 4) is 0 Å². The van der Waals surface area contributed by atoms with E-state index in [1.54, 1.807) is 13.1 Å². The zero-order valence-electron chi connectivity index (χ0n) is 11.9. The van der Waals surface area contributed by atoms with Crippen molar-refractivity contribution in [1.82, 2.24) is 4.90 Å². The van der Waals surface area contributed by atoms with E-state index in [1.165, 1.54) is 17.0 Å². The molecule has 0 radical (unpaired) electrons. The van der Waals surface area contributed by atoms with Crippen molar-refractivity contribution < 1.29 is 9.18 Å². The monoisotopic (exact) mass is 366 g/mol. The Morgan fingerprint density at radius 1 is 1.45 bits per heavy atom. The SMILES string of the molecule is CC(C)C(N)CCN(C)C(=O)c1cc(Br)ccc1F.Cl. The van der Waals surface area contributed by atoms with Crippen LogP contribution in [0, 0.1) is 11.7 Å². The number of halogens is 3. The van der Waals surface area contributed by atoms with E-state index in [9.17, 15) is 9.18 Å². The van der Waals surface area contributed by atoms with E-state index in [0.717, 1.165) is 0 Å². The Balaban J connectivity index is 0.00000361. The molecule has 1 rings (SSSR count). The highest BCUT2D eigenvalue weighted by Gasteiger charge is 2.17. The van der Waals surface area contributed by atoms with Gasteiger partial charge >= 0.3 is 0 Å². The second-order valence-electron chi connectivity index (χ2n) is 5.05. The summed E-state index contributed by atoms with van der Waals surface area (Å²) in [7, 11) is 1.66. The minimum absolute atomic E-state index is 0. The van der Waals surface area contributed by atoms with Crippen LogP contribution < -0.4 is 5.73 Å². The Morgan fingerprint density at radius 3 is 2.60 bits per heavy atom. The number of hydrogen-bond acceptors (Lipinski definition) is 2. The molecule has 1 atom stereocenters. The van der Waals surface area contributed by atoms with Gasteiger partial charge in [-0.15, -0.1) is 12.4 Å². The highest BCUT2D eigenvalue weighted by atomic mass is 79.9. The molecule has 114 valence electrons. The van der Waals surface area contributed by atoms with Gasteiger partial charge in [-0.1, -0.05) is 29.8 Å². The Morgan fingerprint density at radius 2 is 2.05 bits per heavy atom. The molecule has 0 spiro atoms. The number of carbonyl (C=O) groups excluding carboxylic acids is 1. The lowest BCUT2D eigenvalue weighted by atomic mass is 10.0. The summed E-state index contributed by atoms with van der Waals surface area (Å²) in [5, 5.41) is 0. The van der Waals surface area contributed by atoms with Gasteiger partial charge in [-0.25, -0.2) is 4.39 Å². The van der Waals surface area contributed by atoms with E-state index >= 15 is 0 Å². The van der Waals surface area contributed by atoms with Gasteiger partial charge < -0.3 is 10.6 Å². The van der Waals surface area contributed by atoms with E-state index in [4.69, 9.17) is 5.73 Å². The molecule has 2 N–H and O–H groups in total. The van der Waals surface area contributed by atoms with Crippen molar-refractivity contribution in [2.75, 3.05) is 13.6 Å². The maximum Gasteiger partial charge on any atom is 0.256 e. The van der Waals surface area contributed by atoms with Crippen LogP contribution in [-0.2, 0) is 0 Å². The first kappa shape index (κ1) is 19.4. The Labute approximate surface area is 134 Å². The molecule has 0 saturated heterocycles. The topological polar surface area (TPSA) is 46.3 Å². The number of amides is 1. The summed E-state index contributed by atoms with van der Waals surface area (Å²) in [6.07, 6.45) is 0.704. The predicted octanol–water partition coefficient (Wildman–Crippen LogP) is 3.46. The average molecular weight is 368 g/mol. The molecule has 1 unspecified atom stereocenters. The van der Waals surface area contributed by atoms with Crippen LogP contribution in [-0.4, -0.2) is 30.4 Å². The van der Waals surface area contributed by atoms with Gasteiger partial charge in [-0.3, -0.25) is 4.79 Å². The van der Waals surface area contributed by atoms with Crippen LogP contribution in [0.5, 0.6) is 0 Å². The van der Waals surface area contributed by atoms with Crippen molar-refractivity contribution >= 4 is 34.2 Å². The van der Waals surface area contributed by atoms with Crippen LogP contribution in [0.25, 0.3) is 0 Å². The fourth-order valence-corrected chi connectivity index (χ4v) is 2.01. The summed E-state index contributed by atoms with van der Waals surface area (Å²) in [4.78, 5) is 13.6. The average Bonchev–Trinajstić information content (AvgIpc) is 2.37. The summed E-state index contributed by atoms with van der Waals surface area (Å²) in [5.41, 5.74) is 6.02. The van der Waals surface area contributed by atoms with Crippen LogP contribution in [0.15, 0.2) is 22.7 Å². The summed E-state index contributed by atoms with van der Waals surface area (Å²) in [5.74, 6) is -0.464. The number of hydrogen-bond donors (Lipinski definition) is 1. The summed E-state index contributed by atoms with van der Waals surface area (Å²) in [6, 6.07) is 4.39. The molecule has 0 aliphatic rings. The molecule has 1 aromatic carbocycles. The smallest absolute Gasteiger partial charge is 0.256 e. The third-order valence-corrected chi connectivity index (χ3v) is 3.65. The largest absolute Gasteiger partial charge is 0.342 e. The van der Waals surface area contributed by atoms with Crippen molar-refractivity contribution in [1.29, 1.82) is 0 Å². The van der Waals surface area contributed by atoms with E-state index in [1.807, 2.05) is 13.8 Å². The molecule has 0 aliphatic carbocycles. The first-order valence-corrected chi connectivity index (χ1v) is 7.08. The quantitative estimate of drug-likeness (QED) is 0.866. The third kappa shape index (κ3) is 5.38. The fraction of sp³-hybridized carbons (Fsp3) is 0.500. The molecule has 20 heavy (non-hydrogen) atoms. The molecule has 1 amide bonds. The highest BCUT2D eigenvalue weighted by Crippen LogP contribution is 2.17. The Hall–Kier alpha value is -0.650. The zero-order chi connectivity index (χ0) is 14.6. The Bertz CT molecular complexity index is 457. The molecule has 0 aliphatic heterocycles. The standard InChI is InChI=1S/C14H20BrFN2O.ClH/c1-9(2)13(17)6-7-18(3)14(19)11-8-10(15)4-5-12(11)16;/h4-5,8-9,13H,6-7,17H2,1-3H3;1H. The second kappa shape index (κ2) is 8.60. The molecular weight excluding hydrogens is 347 g/mol. The minimum atomic E-state index is -0.506. The van der Waals surface area contributed by atoms with E-state index in [2.05, 4.69) is 15.9 Å². The molecular formula is C14H21BrClFN2O. The van der Waals surface area contributed by atoms with Crippen LogP contribution in [0.3, 0.4) is 0 Å². The first-order chi connectivity index (χ1) is 8.82. The molecule has 0 aromatic heterocycles. The number of rotatable bonds is 5. The second-order valence-corrected chi connectivity index (χ2v) is 5.96. The number of benzene rings is 1. The Kier molecular flexibility index (Phi) is 8.32. The van der Waals surface area contributed by atoms with Gasteiger partial charge in [-0.05, 0) is 30.5 Å². The van der Waals surface area contributed by atoms with Crippen LogP contribution >= 0.6 is 28.3 Å². The highest BCUT2D eigenvalue weighted by molar-refractivity contribution is 9.10. The third-order valence-electron chi connectivity index (χ3n) is 3.16. The van der Waals surface area contributed by atoms with Gasteiger partial charge in [0.2, 0.25) is 0 Å². The summed E-state index contributed by atoms with van der Waals surface area (Å²) >= 11 is 3.24. The lowest BCUT2D eigenvalue weighted by Crippen LogP contribution is -2.35. The predicted molar refractivity (Wildman–Crippen MR) is 85.7 cm³/mol. The number of nitrogens with zero attached hydrogens (tertiary/aromatic N) is 1. The van der Waals surface area contributed by atoms with Crippen LogP contribution in [0.2, 0.25) is 0 Å². The lowest BCUT2D eigenvalue weighted by molar-refractivity contribution is 0.0784. The maximum absolute atomic E-state index is 13.6. The summed E-state index contributed by atoms with van der Waals surface area (Å²) < 4.78 is 14.3. The zero-order valence-corrected chi connectivity index (χ0v) is 14.3. The van der Waals surface area contributed by atoms with Gasteiger partial charge in [-0.2, -0.15) is 0 Å². The normalized spacial score (nSPS) is 11.9. The van der Waals surface area contributed by atoms with Gasteiger partial charge in [0.05, 0.1) is 5.56 Å². The van der Waals surface area contributed by atoms with Gasteiger partial charge in [0.25, 0.3) is 5.91 Å².